The van der Waals surface area contributed by atoms with Crippen LogP contribution in [0, 0.1) is 12.3 Å². The number of rotatable bonds is 7. The molecule has 3 aliphatic heterocycles. The van der Waals surface area contributed by atoms with E-state index in [9.17, 15) is 19.2 Å². The Morgan fingerprint density at radius 1 is 0.940 bits per heavy atom. The van der Waals surface area contributed by atoms with Crippen LogP contribution in [-0.2, 0) is 16.0 Å². The second-order valence-electron chi connectivity index (χ2n) is 14.7. The Morgan fingerprint density at radius 3 is 2.40 bits per heavy atom. The van der Waals surface area contributed by atoms with E-state index in [4.69, 9.17) is 0 Å². The van der Waals surface area contributed by atoms with E-state index in [1.165, 1.54) is 0 Å². The van der Waals surface area contributed by atoms with Crippen molar-refractivity contribution in [3.05, 3.63) is 75.7 Å². The maximum absolute atomic E-state index is 14.3. The highest BCUT2D eigenvalue weighted by atomic mass is 16.2. The summed E-state index contributed by atoms with van der Waals surface area (Å²) >= 11 is 0. The average Bonchev–Trinajstić information content (AvgIpc) is 3.78. The zero-order valence-electron chi connectivity index (χ0n) is 29.3. The number of hydrogen-bond donors (Lipinski definition) is 4. The van der Waals surface area contributed by atoms with Crippen molar-refractivity contribution in [2.24, 2.45) is 5.41 Å². The summed E-state index contributed by atoms with van der Waals surface area (Å²) in [5, 5.41) is 15.4. The number of nitrogens with zero attached hydrogens (tertiary/aromatic N) is 4. The number of aromatic nitrogens is 3. The molecule has 4 aromatic rings. The minimum Gasteiger partial charge on any atom is -0.341 e. The van der Waals surface area contributed by atoms with Crippen molar-refractivity contribution < 1.29 is 14.4 Å². The number of likely N-dealkylation sites (N-methyl/N-ethyl adjacent to an activating group) is 1. The summed E-state index contributed by atoms with van der Waals surface area (Å²) in [4.78, 5) is 62.5. The molecule has 2 aromatic carbocycles. The summed E-state index contributed by atoms with van der Waals surface area (Å²) in [7, 11) is 1.80. The third-order valence-corrected chi connectivity index (χ3v) is 11.5. The minimum absolute atomic E-state index is 0.0152. The topological polar surface area (TPSA) is 147 Å². The Morgan fingerprint density at radius 2 is 1.66 bits per heavy atom. The van der Waals surface area contributed by atoms with Gasteiger partial charge in [0.05, 0.1) is 17.8 Å². The van der Waals surface area contributed by atoms with E-state index in [2.05, 4.69) is 31.9 Å². The van der Waals surface area contributed by atoms with Crippen LogP contribution in [-0.4, -0.2) is 106 Å². The molecule has 2 aromatic heterocycles. The molecule has 5 heterocycles. The van der Waals surface area contributed by atoms with Crippen LogP contribution in [0.3, 0.4) is 0 Å². The lowest BCUT2D eigenvalue weighted by Gasteiger charge is -2.40. The predicted molar refractivity (Wildman–Crippen MR) is 193 cm³/mol. The van der Waals surface area contributed by atoms with Crippen LogP contribution in [0.4, 0.5) is 4.79 Å². The third-order valence-electron chi connectivity index (χ3n) is 11.5. The average molecular weight is 681 g/mol. The Kier molecular flexibility index (Phi) is 9.38. The van der Waals surface area contributed by atoms with Crippen LogP contribution >= 0.6 is 0 Å². The van der Waals surface area contributed by atoms with Crippen molar-refractivity contribution in [2.45, 2.75) is 70.4 Å². The number of carbonyl (C=O) groups is 3. The van der Waals surface area contributed by atoms with Gasteiger partial charge in [-0.05, 0) is 99.0 Å². The molecule has 0 radical (unpaired) electrons. The molecule has 7 rings (SSSR count). The van der Waals surface area contributed by atoms with Gasteiger partial charge in [0.1, 0.15) is 6.04 Å². The molecule has 3 fully saturated rings. The number of aromatic amines is 2. The molecule has 2 atom stereocenters. The number of urea groups is 1. The molecule has 4 amide bonds. The van der Waals surface area contributed by atoms with E-state index in [0.717, 1.165) is 57.8 Å². The van der Waals surface area contributed by atoms with Gasteiger partial charge in [-0.3, -0.25) is 19.5 Å². The first kappa shape index (κ1) is 33.8. The Labute approximate surface area is 292 Å². The van der Waals surface area contributed by atoms with Crippen LogP contribution in [0.2, 0.25) is 0 Å². The molecule has 0 bridgehead atoms. The quantitative estimate of drug-likeness (QED) is 0.235. The van der Waals surface area contributed by atoms with E-state index in [1.54, 1.807) is 18.1 Å². The molecule has 3 aliphatic rings. The molecule has 3 saturated heterocycles. The zero-order chi connectivity index (χ0) is 35.0. The van der Waals surface area contributed by atoms with Gasteiger partial charge in [-0.25, -0.2) is 4.79 Å². The van der Waals surface area contributed by atoms with Gasteiger partial charge in [0.15, 0.2) is 0 Å². The van der Waals surface area contributed by atoms with E-state index in [1.807, 2.05) is 60.0 Å². The second-order valence-corrected chi connectivity index (χ2v) is 14.7. The van der Waals surface area contributed by atoms with Gasteiger partial charge >= 0.3 is 6.03 Å². The van der Waals surface area contributed by atoms with Crippen LogP contribution in [0.5, 0.6) is 0 Å². The summed E-state index contributed by atoms with van der Waals surface area (Å²) in [5.74, 6) is 0.104. The molecular weight excluding hydrogens is 632 g/mol. The van der Waals surface area contributed by atoms with Gasteiger partial charge in [0.25, 0.3) is 5.56 Å². The van der Waals surface area contributed by atoms with Gasteiger partial charge in [-0.1, -0.05) is 24.3 Å². The van der Waals surface area contributed by atoms with Gasteiger partial charge in [0.2, 0.25) is 11.8 Å². The minimum atomic E-state index is -0.736. The van der Waals surface area contributed by atoms with Crippen LogP contribution < -0.4 is 16.2 Å². The van der Waals surface area contributed by atoms with Gasteiger partial charge in [-0.15, -0.1) is 0 Å². The number of carbonyl (C=O) groups excluding carboxylic acids is 3. The number of aryl methyl sites for hydroxylation is 1. The smallest absolute Gasteiger partial charge is 0.318 e. The van der Waals surface area contributed by atoms with Gasteiger partial charge in [0, 0.05) is 62.2 Å². The maximum atomic E-state index is 14.3. The van der Waals surface area contributed by atoms with Crippen molar-refractivity contribution in [1.82, 2.24) is 40.5 Å². The molecule has 12 heteroatoms. The highest BCUT2D eigenvalue weighted by Crippen LogP contribution is 2.41. The fraction of sp³-hybridized carbons (Fsp3) is 0.500. The van der Waals surface area contributed by atoms with Crippen molar-refractivity contribution in [2.75, 3.05) is 46.3 Å². The van der Waals surface area contributed by atoms with Gasteiger partial charge < -0.3 is 30.3 Å². The number of para-hydroxylation sites is 1. The fourth-order valence-corrected chi connectivity index (χ4v) is 8.32. The SMILES string of the molecule is CN[C@@H](C)C(=O)N1CCC2(CC1)CCN(C(=O)[C@@H](Cc1cc(C)c3[nH]ncc3c1)NC(=O)N1CCC(c3cc4ccccc4[nH]c3=O)CC1)C2. The van der Waals surface area contributed by atoms with E-state index < -0.39 is 6.04 Å². The molecule has 0 unspecified atom stereocenters. The van der Waals surface area contributed by atoms with Crippen molar-refractivity contribution in [3.63, 3.8) is 0 Å². The number of fused-ring (bicyclic) bond motifs is 2. The maximum Gasteiger partial charge on any atom is 0.318 e. The summed E-state index contributed by atoms with van der Waals surface area (Å²) in [6, 6.07) is 12.6. The first-order valence-corrected chi connectivity index (χ1v) is 18.0. The molecule has 0 saturated carbocycles. The lowest BCUT2D eigenvalue weighted by atomic mass is 9.77. The molecule has 4 N–H and O–H groups in total. The number of pyridine rings is 1. The van der Waals surface area contributed by atoms with E-state index >= 15 is 0 Å². The highest BCUT2D eigenvalue weighted by Gasteiger charge is 2.44. The number of benzene rings is 2. The van der Waals surface area contributed by atoms with Crippen molar-refractivity contribution >= 4 is 39.7 Å². The predicted octanol–water partition coefficient (Wildman–Crippen LogP) is 3.66. The number of piperidine rings is 2. The van der Waals surface area contributed by atoms with Gasteiger partial charge in [-0.2, -0.15) is 5.10 Å². The standard InChI is InChI=1S/C38H48N8O4/c1-24-18-26(19-29-22-40-43-33(24)29)20-32(36(49)46-17-12-38(23-46)10-15-44(16-11-38)35(48)25(2)39-3)42-37(50)45-13-8-27(9-14-45)30-21-28-6-4-5-7-31(28)41-34(30)47/h4-7,18-19,21-22,25,27,32,39H,8-17,20,23H2,1-3H3,(H,40,43)(H,41,47)(H,42,50)/t25-,32+/m0/s1. The fourth-order valence-electron chi connectivity index (χ4n) is 8.32. The first-order chi connectivity index (χ1) is 24.1. The highest BCUT2D eigenvalue weighted by molar-refractivity contribution is 5.88. The van der Waals surface area contributed by atoms with Crippen LogP contribution in [0.15, 0.2) is 53.5 Å². The number of H-pyrrole nitrogens is 2. The summed E-state index contributed by atoms with van der Waals surface area (Å²) < 4.78 is 0. The molecule has 1 spiro atoms. The van der Waals surface area contributed by atoms with E-state index in [-0.39, 0.29) is 40.8 Å². The number of amides is 4. The molecule has 264 valence electrons. The Hall–Kier alpha value is -4.71. The summed E-state index contributed by atoms with van der Waals surface area (Å²) in [5.41, 5.74) is 4.45. The molecular formula is C38H48N8O4. The Bertz CT molecular complexity index is 1950. The number of likely N-dealkylation sites (tertiary alicyclic amines) is 3. The second kappa shape index (κ2) is 13.9. The van der Waals surface area contributed by atoms with E-state index in [0.29, 0.717) is 58.5 Å². The normalized spacial score (nSPS) is 19.3. The molecule has 0 aliphatic carbocycles. The first-order valence-electron chi connectivity index (χ1n) is 18.0. The third kappa shape index (κ3) is 6.73. The van der Waals surface area contributed by atoms with Crippen LogP contribution in [0.25, 0.3) is 21.8 Å². The van der Waals surface area contributed by atoms with Crippen molar-refractivity contribution in [3.8, 4) is 0 Å². The van der Waals surface area contributed by atoms with Crippen molar-refractivity contribution in [1.29, 1.82) is 0 Å². The Balaban J connectivity index is 1.04. The molecule has 50 heavy (non-hydrogen) atoms. The lowest BCUT2D eigenvalue weighted by molar-refractivity contribution is -0.136. The zero-order valence-corrected chi connectivity index (χ0v) is 29.3. The number of hydrogen-bond acceptors (Lipinski definition) is 6. The largest absolute Gasteiger partial charge is 0.341 e. The molecule has 12 nitrogen and oxygen atoms in total. The van der Waals surface area contributed by atoms with Crippen LogP contribution in [0.1, 0.15) is 61.6 Å². The monoisotopic (exact) mass is 680 g/mol. The summed E-state index contributed by atoms with van der Waals surface area (Å²) in [6.45, 7) is 7.55. The summed E-state index contributed by atoms with van der Waals surface area (Å²) in [6.07, 6.45) is 6.11. The lowest BCUT2D eigenvalue weighted by Crippen LogP contribution is -2.54. The number of nitrogens with one attached hydrogen (secondary N) is 4.